The maximum atomic E-state index is 11.3. The zero-order valence-electron chi connectivity index (χ0n) is 9.50. The van der Waals surface area contributed by atoms with E-state index in [9.17, 15) is 4.79 Å². The molecule has 0 saturated heterocycles. The van der Waals surface area contributed by atoms with Crippen LogP contribution >= 0.6 is 11.3 Å². The minimum atomic E-state index is 0.210. The van der Waals surface area contributed by atoms with E-state index in [-0.39, 0.29) is 15.0 Å². The van der Waals surface area contributed by atoms with E-state index in [1.54, 1.807) is 11.3 Å². The zero-order valence-corrected chi connectivity index (χ0v) is 12.0. The molecular weight excluding hydrogens is 307 g/mol. The van der Waals surface area contributed by atoms with Crippen LogP contribution in [-0.2, 0) is 0 Å². The first-order valence-electron chi connectivity index (χ1n) is 5.58. The Morgan fingerprint density at radius 3 is 2.44 bits per heavy atom. The van der Waals surface area contributed by atoms with Gasteiger partial charge in [0.2, 0.25) is 0 Å². The number of hydrogen-bond donors (Lipinski definition) is 0. The van der Waals surface area contributed by atoms with Gasteiger partial charge >= 0.3 is 116 Å². The van der Waals surface area contributed by atoms with Gasteiger partial charge in [0.25, 0.3) is 0 Å². The van der Waals surface area contributed by atoms with Crippen LogP contribution in [0.2, 0.25) is 0 Å². The molecule has 0 aliphatic rings. The van der Waals surface area contributed by atoms with Crippen molar-refractivity contribution in [1.29, 1.82) is 0 Å². The summed E-state index contributed by atoms with van der Waals surface area (Å²) >= 11 is 1.95. The first-order chi connectivity index (χ1) is 8.88. The molecule has 3 rings (SSSR count). The Bertz CT molecular complexity index is 688. The Morgan fingerprint density at radius 1 is 0.944 bits per heavy atom. The number of rotatable bonds is 3. The monoisotopic (exact) mass is 318 g/mol. The minimum absolute atomic E-state index is 0.210. The fourth-order valence-electron chi connectivity index (χ4n) is 1.83. The molecule has 0 radical (unpaired) electrons. The number of fused-ring (bicyclic) bond motifs is 1. The van der Waals surface area contributed by atoms with E-state index in [0.29, 0.717) is 0 Å². The van der Waals surface area contributed by atoms with E-state index in [4.69, 9.17) is 0 Å². The van der Waals surface area contributed by atoms with Gasteiger partial charge in [-0.2, -0.15) is 0 Å². The van der Waals surface area contributed by atoms with Crippen molar-refractivity contribution in [2.24, 2.45) is 0 Å². The Morgan fingerprint density at radius 2 is 1.67 bits per heavy atom. The van der Waals surface area contributed by atoms with Crippen molar-refractivity contribution >= 4 is 50.9 Å². The number of thiophene rings is 1. The van der Waals surface area contributed by atoms with Gasteiger partial charge in [0.1, 0.15) is 0 Å². The summed E-state index contributed by atoms with van der Waals surface area (Å²) in [6.45, 7) is 0. The van der Waals surface area contributed by atoms with Crippen molar-refractivity contribution in [2.75, 3.05) is 0 Å². The van der Waals surface area contributed by atoms with Crippen LogP contribution in [0.3, 0.4) is 0 Å². The Kier molecular flexibility index (Phi) is 3.28. The predicted molar refractivity (Wildman–Crippen MR) is 78.7 cm³/mol. The van der Waals surface area contributed by atoms with E-state index in [1.807, 2.05) is 36.4 Å². The molecule has 0 aliphatic carbocycles. The van der Waals surface area contributed by atoms with Gasteiger partial charge < -0.3 is 0 Å². The molecule has 0 unspecified atom stereocenters. The van der Waals surface area contributed by atoms with Gasteiger partial charge in [-0.05, 0) is 0 Å². The molecule has 0 fully saturated rings. The number of carbonyl (C=O) groups is 1. The van der Waals surface area contributed by atoms with Crippen molar-refractivity contribution in [3.8, 4) is 0 Å². The first kappa shape index (κ1) is 11.7. The normalized spacial score (nSPS) is 10.7. The number of benzene rings is 2. The third-order valence-electron chi connectivity index (χ3n) is 2.67. The molecule has 88 valence electrons. The van der Waals surface area contributed by atoms with Crippen molar-refractivity contribution < 1.29 is 4.79 Å². The summed E-state index contributed by atoms with van der Waals surface area (Å²) in [5.41, 5.74) is 0.874. The SMILES string of the molecule is O=Cc1c([Se]c2ccccc2)sc2ccccc12. The van der Waals surface area contributed by atoms with Gasteiger partial charge in [0.05, 0.1) is 0 Å². The molecule has 0 aliphatic heterocycles. The second-order valence-corrected chi connectivity index (χ2v) is 7.74. The predicted octanol–water partition coefficient (Wildman–Crippen LogP) is 2.37. The van der Waals surface area contributed by atoms with E-state index in [0.717, 1.165) is 17.2 Å². The summed E-state index contributed by atoms with van der Waals surface area (Å²) in [5, 5.41) is 1.09. The first-order valence-corrected chi connectivity index (χ1v) is 8.11. The Balaban J connectivity index is 2.09. The van der Waals surface area contributed by atoms with E-state index < -0.39 is 0 Å². The molecule has 3 heteroatoms. The number of aldehydes is 1. The summed E-state index contributed by atoms with van der Waals surface area (Å²) in [6.07, 6.45) is 0.999. The molecule has 3 aromatic rings. The molecule has 1 heterocycles. The van der Waals surface area contributed by atoms with E-state index >= 15 is 0 Å². The molecular formula is C15H10OSSe. The molecule has 2 aromatic carbocycles. The maximum absolute atomic E-state index is 11.3. The van der Waals surface area contributed by atoms with Crippen molar-refractivity contribution in [2.45, 2.75) is 0 Å². The van der Waals surface area contributed by atoms with Gasteiger partial charge in [0.15, 0.2) is 0 Å². The van der Waals surface area contributed by atoms with Crippen molar-refractivity contribution in [3.63, 3.8) is 0 Å². The van der Waals surface area contributed by atoms with Crippen molar-refractivity contribution in [3.05, 3.63) is 60.2 Å². The summed E-state index contributed by atoms with van der Waals surface area (Å²) in [7, 11) is 0. The van der Waals surface area contributed by atoms with Crippen molar-refractivity contribution in [1.82, 2.24) is 0 Å². The Hall–Kier alpha value is -1.41. The van der Waals surface area contributed by atoms with Gasteiger partial charge in [-0.1, -0.05) is 0 Å². The average molecular weight is 317 g/mol. The van der Waals surface area contributed by atoms with Gasteiger partial charge in [-0.25, -0.2) is 0 Å². The van der Waals surface area contributed by atoms with Crippen LogP contribution in [0.1, 0.15) is 10.4 Å². The third kappa shape index (κ3) is 2.13. The quantitative estimate of drug-likeness (QED) is 0.535. The second-order valence-electron chi connectivity index (χ2n) is 3.83. The number of hydrogen-bond acceptors (Lipinski definition) is 2. The standard InChI is InChI=1S/C15H10OSSe/c16-10-13-12-8-4-5-9-14(12)17-15(13)18-11-6-2-1-3-7-11/h1-10H. The summed E-state index contributed by atoms with van der Waals surface area (Å²) in [4.78, 5) is 11.3. The fourth-order valence-corrected chi connectivity index (χ4v) is 5.72. The zero-order chi connectivity index (χ0) is 12.4. The van der Waals surface area contributed by atoms with E-state index in [1.165, 1.54) is 12.9 Å². The van der Waals surface area contributed by atoms with Crippen LogP contribution in [0.25, 0.3) is 10.1 Å². The topological polar surface area (TPSA) is 17.1 Å². The summed E-state index contributed by atoms with van der Waals surface area (Å²) in [5.74, 6) is 0. The molecule has 0 spiro atoms. The Labute approximate surface area is 116 Å². The molecule has 0 bridgehead atoms. The molecule has 1 aromatic heterocycles. The van der Waals surface area contributed by atoms with Crippen LogP contribution in [0.4, 0.5) is 0 Å². The van der Waals surface area contributed by atoms with Gasteiger partial charge in [-0.15, -0.1) is 0 Å². The van der Waals surface area contributed by atoms with Gasteiger partial charge in [-0.3, -0.25) is 0 Å². The molecule has 0 N–H and O–H groups in total. The third-order valence-corrected chi connectivity index (χ3v) is 6.53. The van der Waals surface area contributed by atoms with Gasteiger partial charge in [0, 0.05) is 0 Å². The van der Waals surface area contributed by atoms with Crippen LogP contribution in [0.15, 0.2) is 54.6 Å². The molecule has 1 nitrogen and oxygen atoms in total. The van der Waals surface area contributed by atoms with Crippen LogP contribution in [0.5, 0.6) is 0 Å². The average Bonchev–Trinajstić information content (AvgIpc) is 2.77. The molecule has 0 saturated carbocycles. The molecule has 18 heavy (non-hydrogen) atoms. The molecule has 0 amide bonds. The summed E-state index contributed by atoms with van der Waals surface area (Å²) in [6, 6.07) is 18.5. The molecule has 0 atom stereocenters. The summed E-state index contributed by atoms with van der Waals surface area (Å²) < 4.78 is 3.72. The van der Waals surface area contributed by atoms with Crippen LogP contribution < -0.4 is 8.24 Å². The number of carbonyl (C=O) groups excluding carboxylic acids is 1. The van der Waals surface area contributed by atoms with E-state index in [2.05, 4.69) is 18.2 Å². The van der Waals surface area contributed by atoms with Crippen LogP contribution in [0, 0.1) is 0 Å². The fraction of sp³-hybridized carbons (Fsp3) is 0. The second kappa shape index (κ2) is 5.07. The van der Waals surface area contributed by atoms with Crippen LogP contribution in [-0.4, -0.2) is 21.2 Å².